The fourth-order valence-electron chi connectivity index (χ4n) is 2.10. The van der Waals surface area contributed by atoms with E-state index < -0.39 is 0 Å². The van der Waals surface area contributed by atoms with Crippen molar-refractivity contribution in [3.8, 4) is 11.1 Å². The Bertz CT molecular complexity index is 710. The Balaban J connectivity index is 1.90. The van der Waals surface area contributed by atoms with E-state index >= 15 is 0 Å². The lowest BCUT2D eigenvalue weighted by Gasteiger charge is -2.05. The standard InChI is InChI=1S/C16H15N3O/c20-8-7-17-16-18-10-15(11-19-16)14-6-5-12-3-1-2-4-13(12)9-14/h1-6,9-11,20H,7-8H2,(H,17,18,19). The van der Waals surface area contributed by atoms with Crippen molar-refractivity contribution in [1.29, 1.82) is 0 Å². The zero-order valence-electron chi connectivity index (χ0n) is 11.0. The van der Waals surface area contributed by atoms with Gasteiger partial charge in [-0.1, -0.05) is 36.4 Å². The van der Waals surface area contributed by atoms with E-state index in [-0.39, 0.29) is 6.61 Å². The molecule has 0 saturated carbocycles. The second kappa shape index (κ2) is 5.67. The van der Waals surface area contributed by atoms with Gasteiger partial charge in [0.1, 0.15) is 0 Å². The van der Waals surface area contributed by atoms with Crippen molar-refractivity contribution in [2.75, 3.05) is 18.5 Å². The Hall–Kier alpha value is -2.46. The van der Waals surface area contributed by atoms with Crippen LogP contribution in [0, 0.1) is 0 Å². The first-order valence-corrected chi connectivity index (χ1v) is 6.53. The molecule has 3 rings (SSSR count). The third kappa shape index (κ3) is 2.60. The van der Waals surface area contributed by atoms with Gasteiger partial charge in [-0.3, -0.25) is 0 Å². The number of hydrogen-bond donors (Lipinski definition) is 2. The second-order valence-corrected chi connectivity index (χ2v) is 4.51. The minimum atomic E-state index is 0.0653. The summed E-state index contributed by atoms with van der Waals surface area (Å²) in [4.78, 5) is 8.48. The first-order valence-electron chi connectivity index (χ1n) is 6.53. The van der Waals surface area contributed by atoms with E-state index in [0.29, 0.717) is 12.5 Å². The number of aliphatic hydroxyl groups is 1. The molecule has 4 heteroatoms. The predicted octanol–water partition coefficient (Wildman–Crippen LogP) is 2.70. The Labute approximate surface area is 117 Å². The highest BCUT2D eigenvalue weighted by molar-refractivity contribution is 5.87. The van der Waals surface area contributed by atoms with Gasteiger partial charge in [-0.2, -0.15) is 0 Å². The van der Waals surface area contributed by atoms with Gasteiger partial charge in [0.2, 0.25) is 5.95 Å². The number of anilines is 1. The average molecular weight is 265 g/mol. The summed E-state index contributed by atoms with van der Waals surface area (Å²) < 4.78 is 0. The number of aromatic nitrogens is 2. The van der Waals surface area contributed by atoms with Crippen LogP contribution in [0.25, 0.3) is 21.9 Å². The average Bonchev–Trinajstić information content (AvgIpc) is 2.53. The molecule has 0 atom stereocenters. The minimum absolute atomic E-state index is 0.0653. The Kier molecular flexibility index (Phi) is 3.56. The minimum Gasteiger partial charge on any atom is -0.395 e. The van der Waals surface area contributed by atoms with Crippen molar-refractivity contribution >= 4 is 16.7 Å². The Morgan fingerprint density at radius 3 is 2.40 bits per heavy atom. The Morgan fingerprint density at radius 1 is 0.900 bits per heavy atom. The molecule has 0 saturated heterocycles. The fourth-order valence-corrected chi connectivity index (χ4v) is 2.10. The molecule has 0 aliphatic rings. The molecule has 0 radical (unpaired) electrons. The highest BCUT2D eigenvalue weighted by Crippen LogP contribution is 2.23. The third-order valence-electron chi connectivity index (χ3n) is 3.13. The zero-order chi connectivity index (χ0) is 13.8. The van der Waals surface area contributed by atoms with E-state index in [1.165, 1.54) is 10.8 Å². The third-order valence-corrected chi connectivity index (χ3v) is 3.13. The Morgan fingerprint density at radius 2 is 1.65 bits per heavy atom. The number of aliphatic hydroxyl groups excluding tert-OH is 1. The van der Waals surface area contributed by atoms with E-state index in [0.717, 1.165) is 11.1 Å². The molecular formula is C16H15N3O. The summed E-state index contributed by atoms with van der Waals surface area (Å²) in [7, 11) is 0. The molecule has 0 aliphatic heterocycles. The molecule has 4 nitrogen and oxygen atoms in total. The van der Waals surface area contributed by atoms with Crippen molar-refractivity contribution in [3.63, 3.8) is 0 Å². The lowest BCUT2D eigenvalue weighted by Crippen LogP contribution is -2.08. The summed E-state index contributed by atoms with van der Waals surface area (Å²) in [6.45, 7) is 0.519. The maximum atomic E-state index is 8.74. The molecule has 0 unspecified atom stereocenters. The van der Waals surface area contributed by atoms with Gasteiger partial charge in [0.05, 0.1) is 6.61 Å². The van der Waals surface area contributed by atoms with Gasteiger partial charge in [0.25, 0.3) is 0 Å². The van der Waals surface area contributed by atoms with Gasteiger partial charge in [-0.25, -0.2) is 9.97 Å². The van der Waals surface area contributed by atoms with Gasteiger partial charge in [0.15, 0.2) is 0 Å². The first kappa shape index (κ1) is 12.6. The van der Waals surface area contributed by atoms with Crippen molar-refractivity contribution in [1.82, 2.24) is 9.97 Å². The van der Waals surface area contributed by atoms with Gasteiger partial charge < -0.3 is 10.4 Å². The van der Waals surface area contributed by atoms with Gasteiger partial charge in [-0.05, 0) is 22.4 Å². The fraction of sp³-hybridized carbons (Fsp3) is 0.125. The molecule has 1 aromatic heterocycles. The molecule has 20 heavy (non-hydrogen) atoms. The lowest BCUT2D eigenvalue weighted by atomic mass is 10.0. The normalized spacial score (nSPS) is 10.7. The molecule has 0 amide bonds. The van der Waals surface area contributed by atoms with Crippen LogP contribution in [0.1, 0.15) is 0 Å². The van der Waals surface area contributed by atoms with Crippen LogP contribution in [-0.4, -0.2) is 28.2 Å². The number of benzene rings is 2. The van der Waals surface area contributed by atoms with Crippen LogP contribution in [0.4, 0.5) is 5.95 Å². The van der Waals surface area contributed by atoms with Gasteiger partial charge >= 0.3 is 0 Å². The number of nitrogens with zero attached hydrogens (tertiary/aromatic N) is 2. The van der Waals surface area contributed by atoms with Crippen LogP contribution in [0.3, 0.4) is 0 Å². The summed E-state index contributed by atoms with van der Waals surface area (Å²) in [5, 5.41) is 14.1. The molecular weight excluding hydrogens is 250 g/mol. The zero-order valence-corrected chi connectivity index (χ0v) is 11.0. The predicted molar refractivity (Wildman–Crippen MR) is 80.5 cm³/mol. The molecule has 0 fully saturated rings. The molecule has 0 spiro atoms. The summed E-state index contributed by atoms with van der Waals surface area (Å²) in [5.41, 5.74) is 2.07. The summed E-state index contributed by atoms with van der Waals surface area (Å²) in [5.74, 6) is 0.531. The molecule has 0 bridgehead atoms. The van der Waals surface area contributed by atoms with Crippen molar-refractivity contribution in [2.45, 2.75) is 0 Å². The smallest absolute Gasteiger partial charge is 0.222 e. The number of hydrogen-bond acceptors (Lipinski definition) is 4. The maximum Gasteiger partial charge on any atom is 0.222 e. The van der Waals surface area contributed by atoms with E-state index in [9.17, 15) is 0 Å². The van der Waals surface area contributed by atoms with E-state index in [1.54, 1.807) is 12.4 Å². The largest absolute Gasteiger partial charge is 0.395 e. The second-order valence-electron chi connectivity index (χ2n) is 4.51. The van der Waals surface area contributed by atoms with E-state index in [4.69, 9.17) is 5.11 Å². The highest BCUT2D eigenvalue weighted by atomic mass is 16.3. The summed E-state index contributed by atoms with van der Waals surface area (Å²) >= 11 is 0. The van der Waals surface area contributed by atoms with Crippen molar-refractivity contribution in [2.24, 2.45) is 0 Å². The lowest BCUT2D eigenvalue weighted by molar-refractivity contribution is 0.311. The number of fused-ring (bicyclic) bond motifs is 1. The van der Waals surface area contributed by atoms with Crippen LogP contribution in [0.2, 0.25) is 0 Å². The van der Waals surface area contributed by atoms with Crippen molar-refractivity contribution in [3.05, 3.63) is 54.9 Å². The van der Waals surface area contributed by atoms with Crippen LogP contribution in [-0.2, 0) is 0 Å². The molecule has 2 aromatic carbocycles. The summed E-state index contributed by atoms with van der Waals surface area (Å²) in [6.07, 6.45) is 3.58. The van der Waals surface area contributed by atoms with Crippen LogP contribution in [0.15, 0.2) is 54.9 Å². The number of rotatable bonds is 4. The van der Waals surface area contributed by atoms with Gasteiger partial charge in [-0.15, -0.1) is 0 Å². The summed E-state index contributed by atoms with van der Waals surface area (Å²) in [6, 6.07) is 14.6. The van der Waals surface area contributed by atoms with Crippen LogP contribution >= 0.6 is 0 Å². The van der Waals surface area contributed by atoms with Gasteiger partial charge in [0, 0.05) is 24.5 Å². The molecule has 0 aliphatic carbocycles. The monoisotopic (exact) mass is 265 g/mol. The van der Waals surface area contributed by atoms with Crippen LogP contribution < -0.4 is 5.32 Å². The van der Waals surface area contributed by atoms with Crippen LogP contribution in [0.5, 0.6) is 0 Å². The molecule has 3 aromatic rings. The van der Waals surface area contributed by atoms with E-state index in [2.05, 4.69) is 45.6 Å². The molecule has 1 heterocycles. The maximum absolute atomic E-state index is 8.74. The SMILES string of the molecule is OCCNc1ncc(-c2ccc3ccccc3c2)cn1. The number of nitrogens with one attached hydrogen (secondary N) is 1. The quantitative estimate of drug-likeness (QED) is 0.761. The van der Waals surface area contributed by atoms with Crippen molar-refractivity contribution < 1.29 is 5.11 Å². The molecule has 2 N–H and O–H groups in total. The van der Waals surface area contributed by atoms with E-state index in [1.807, 2.05) is 12.1 Å². The molecule has 100 valence electrons. The first-order chi connectivity index (χ1) is 9.86. The highest BCUT2D eigenvalue weighted by Gasteiger charge is 2.01. The topological polar surface area (TPSA) is 58.0 Å².